The predicted molar refractivity (Wildman–Crippen MR) is 41.3 cm³/mol. The van der Waals surface area contributed by atoms with Crippen LogP contribution in [0.1, 0.15) is 0 Å². The van der Waals surface area contributed by atoms with Crippen molar-refractivity contribution in [2.45, 2.75) is 0 Å². The predicted octanol–water partition coefficient (Wildman–Crippen LogP) is 2.22. The van der Waals surface area contributed by atoms with Crippen LogP contribution in [0, 0.1) is 5.82 Å². The molecular weight excluding hydrogens is 222 g/mol. The van der Waals surface area contributed by atoms with Gasteiger partial charge in [-0.15, -0.1) is 0 Å². The fourth-order valence-electron chi connectivity index (χ4n) is 0.456. The topological polar surface area (TPSA) is 38.9 Å². The minimum Gasteiger partial charge on any atom is -0.395 e. The molecule has 0 aliphatic carbocycles. The summed E-state index contributed by atoms with van der Waals surface area (Å²) in [6.07, 6.45) is 1.28. The summed E-state index contributed by atoms with van der Waals surface area (Å²) in [4.78, 5) is 3.57. The number of hydrogen-bond donors (Lipinski definition) is 1. The normalized spacial score (nSPS) is 9.90. The zero-order valence-corrected chi connectivity index (χ0v) is 7.08. The minimum absolute atomic E-state index is 0.0781. The molecular formula is C5H3BrClFN2. The summed E-state index contributed by atoms with van der Waals surface area (Å²) in [5.74, 6) is -0.618. The smallest absolute Gasteiger partial charge is 0.180 e. The highest BCUT2D eigenvalue weighted by molar-refractivity contribution is 9.10. The van der Waals surface area contributed by atoms with Gasteiger partial charge in [0, 0.05) is 6.20 Å². The Morgan fingerprint density at radius 2 is 2.30 bits per heavy atom. The van der Waals surface area contributed by atoms with Gasteiger partial charge in [0.25, 0.3) is 0 Å². The summed E-state index contributed by atoms with van der Waals surface area (Å²) in [6, 6.07) is 0. The van der Waals surface area contributed by atoms with Crippen LogP contribution in [0.2, 0.25) is 5.02 Å². The van der Waals surface area contributed by atoms with Crippen molar-refractivity contribution < 1.29 is 4.39 Å². The second-order valence-electron chi connectivity index (χ2n) is 1.62. The van der Waals surface area contributed by atoms with Gasteiger partial charge in [-0.25, -0.2) is 9.37 Å². The molecule has 0 saturated carbocycles. The number of pyridine rings is 1. The van der Waals surface area contributed by atoms with Crippen molar-refractivity contribution in [3.8, 4) is 0 Å². The molecule has 1 rings (SSSR count). The Hall–Kier alpha value is -0.350. The molecule has 0 unspecified atom stereocenters. The fraction of sp³-hybridized carbons (Fsp3) is 0. The third kappa shape index (κ3) is 1.22. The van der Waals surface area contributed by atoms with E-state index in [4.69, 9.17) is 17.3 Å². The molecule has 0 aromatic carbocycles. The first kappa shape index (κ1) is 7.75. The molecule has 0 aliphatic rings. The van der Waals surface area contributed by atoms with Crippen LogP contribution in [0.5, 0.6) is 0 Å². The van der Waals surface area contributed by atoms with Crippen molar-refractivity contribution in [1.29, 1.82) is 0 Å². The minimum atomic E-state index is -0.618. The summed E-state index contributed by atoms with van der Waals surface area (Å²) >= 11 is 8.29. The van der Waals surface area contributed by atoms with Gasteiger partial charge >= 0.3 is 0 Å². The van der Waals surface area contributed by atoms with Gasteiger partial charge in [0.2, 0.25) is 0 Å². The number of nitrogen functional groups attached to an aromatic ring is 1. The Balaban J connectivity index is 3.34. The molecule has 2 nitrogen and oxygen atoms in total. The number of aromatic nitrogens is 1. The number of nitrogens with two attached hydrogens (primary N) is 1. The van der Waals surface area contributed by atoms with Crippen LogP contribution in [0.25, 0.3) is 0 Å². The molecule has 5 heteroatoms. The first-order valence-corrected chi connectivity index (χ1v) is 3.55. The van der Waals surface area contributed by atoms with E-state index in [9.17, 15) is 4.39 Å². The molecule has 1 aromatic heterocycles. The first-order valence-electron chi connectivity index (χ1n) is 2.38. The number of anilines is 1. The highest BCUT2D eigenvalue weighted by Gasteiger charge is 2.07. The van der Waals surface area contributed by atoms with Crippen LogP contribution in [0.15, 0.2) is 10.8 Å². The van der Waals surface area contributed by atoms with Crippen molar-refractivity contribution in [2.24, 2.45) is 0 Å². The molecule has 1 aromatic rings. The van der Waals surface area contributed by atoms with Gasteiger partial charge in [0.1, 0.15) is 4.60 Å². The number of hydrogen-bond acceptors (Lipinski definition) is 2. The van der Waals surface area contributed by atoms with Crippen LogP contribution in [0.3, 0.4) is 0 Å². The highest BCUT2D eigenvalue weighted by atomic mass is 79.9. The summed E-state index contributed by atoms with van der Waals surface area (Å²) in [6.45, 7) is 0. The fourth-order valence-corrected chi connectivity index (χ4v) is 0.903. The van der Waals surface area contributed by atoms with Crippen LogP contribution in [0.4, 0.5) is 10.1 Å². The lowest BCUT2D eigenvalue weighted by molar-refractivity contribution is 0.618. The van der Waals surface area contributed by atoms with Crippen LogP contribution in [-0.4, -0.2) is 4.98 Å². The molecule has 2 N–H and O–H groups in total. The Morgan fingerprint density at radius 3 is 2.80 bits per heavy atom. The van der Waals surface area contributed by atoms with Crippen molar-refractivity contribution >= 4 is 33.2 Å². The summed E-state index contributed by atoms with van der Waals surface area (Å²) in [5, 5.41) is 0.126. The largest absolute Gasteiger partial charge is 0.395 e. The molecule has 0 amide bonds. The Bertz CT molecular complexity index is 239. The van der Waals surface area contributed by atoms with Crippen LogP contribution in [-0.2, 0) is 0 Å². The molecule has 0 saturated heterocycles. The molecule has 0 bridgehead atoms. The van der Waals surface area contributed by atoms with Gasteiger partial charge in [0.05, 0.1) is 10.7 Å². The average molecular weight is 225 g/mol. The second-order valence-corrected chi connectivity index (χ2v) is 2.78. The van der Waals surface area contributed by atoms with Crippen molar-refractivity contribution in [3.63, 3.8) is 0 Å². The maximum absolute atomic E-state index is 12.7. The summed E-state index contributed by atoms with van der Waals surface area (Å²) in [5.41, 5.74) is 5.13. The first-order chi connectivity index (χ1) is 4.63. The maximum Gasteiger partial charge on any atom is 0.180 e. The van der Waals surface area contributed by atoms with E-state index in [0.717, 1.165) is 0 Å². The van der Waals surface area contributed by atoms with Gasteiger partial charge in [-0.1, -0.05) is 11.6 Å². The third-order valence-corrected chi connectivity index (χ3v) is 1.82. The zero-order valence-electron chi connectivity index (χ0n) is 4.74. The van der Waals surface area contributed by atoms with Gasteiger partial charge in [-0.3, -0.25) is 0 Å². The average Bonchev–Trinajstić information content (AvgIpc) is 1.93. The monoisotopic (exact) mass is 224 g/mol. The molecule has 0 spiro atoms. The molecule has 10 heavy (non-hydrogen) atoms. The van der Waals surface area contributed by atoms with E-state index in [1.165, 1.54) is 6.20 Å². The number of halogens is 3. The van der Waals surface area contributed by atoms with Gasteiger partial charge in [-0.2, -0.15) is 0 Å². The second kappa shape index (κ2) is 2.72. The standard InChI is InChI=1S/C5H3BrClFN2/c6-5-3(8)4(9)2(7)1-10-5/h1H,(H2,9,10). The Morgan fingerprint density at radius 1 is 1.70 bits per heavy atom. The maximum atomic E-state index is 12.7. The molecule has 0 aliphatic heterocycles. The molecule has 0 atom stereocenters. The van der Waals surface area contributed by atoms with Crippen molar-refractivity contribution in [3.05, 3.63) is 21.6 Å². The summed E-state index contributed by atoms with van der Waals surface area (Å²) in [7, 11) is 0. The Labute approximate surface area is 70.3 Å². The number of rotatable bonds is 0. The van der Waals surface area contributed by atoms with Gasteiger partial charge in [0.15, 0.2) is 5.82 Å². The molecule has 0 radical (unpaired) electrons. The van der Waals surface area contributed by atoms with E-state index >= 15 is 0 Å². The van der Waals surface area contributed by atoms with E-state index in [0.29, 0.717) is 0 Å². The van der Waals surface area contributed by atoms with Crippen molar-refractivity contribution in [2.75, 3.05) is 5.73 Å². The SMILES string of the molecule is Nc1c(Cl)cnc(Br)c1F. The van der Waals surface area contributed by atoms with Crippen LogP contribution < -0.4 is 5.73 Å². The van der Waals surface area contributed by atoms with Crippen molar-refractivity contribution in [1.82, 2.24) is 4.98 Å². The quantitative estimate of drug-likeness (QED) is 0.688. The lowest BCUT2D eigenvalue weighted by Gasteiger charge is -1.98. The molecule has 0 fully saturated rings. The number of nitrogens with zero attached hydrogens (tertiary/aromatic N) is 1. The zero-order chi connectivity index (χ0) is 7.72. The Kier molecular flexibility index (Phi) is 2.11. The van der Waals surface area contributed by atoms with Gasteiger partial charge in [-0.05, 0) is 15.9 Å². The lowest BCUT2D eigenvalue weighted by atomic mass is 10.4. The summed E-state index contributed by atoms with van der Waals surface area (Å²) < 4.78 is 12.8. The van der Waals surface area contributed by atoms with E-state index in [-0.39, 0.29) is 15.3 Å². The highest BCUT2D eigenvalue weighted by Crippen LogP contribution is 2.24. The molecule has 1 heterocycles. The lowest BCUT2D eigenvalue weighted by Crippen LogP contribution is -1.94. The third-order valence-electron chi connectivity index (χ3n) is 0.966. The van der Waals surface area contributed by atoms with E-state index < -0.39 is 5.82 Å². The van der Waals surface area contributed by atoms with Gasteiger partial charge < -0.3 is 5.73 Å². The van der Waals surface area contributed by atoms with E-state index in [2.05, 4.69) is 20.9 Å². The van der Waals surface area contributed by atoms with E-state index in [1.54, 1.807) is 0 Å². The van der Waals surface area contributed by atoms with Crippen LogP contribution >= 0.6 is 27.5 Å². The molecule has 54 valence electrons. The van der Waals surface area contributed by atoms with E-state index in [1.807, 2.05) is 0 Å².